The number of nitrogens with one attached hydrogen (secondary N) is 1. The van der Waals surface area contributed by atoms with E-state index in [0.29, 0.717) is 18.7 Å². The topological polar surface area (TPSA) is 61.8 Å². The van der Waals surface area contributed by atoms with Crippen molar-refractivity contribution in [2.45, 2.75) is 25.0 Å². The number of aliphatic hydroxyl groups is 1. The van der Waals surface area contributed by atoms with Gasteiger partial charge < -0.3 is 20.1 Å². The molecule has 2 N–H and O–H groups in total. The van der Waals surface area contributed by atoms with Crippen molar-refractivity contribution < 1.29 is 19.0 Å². The fraction of sp³-hybridized carbons (Fsp3) is 0.562. The minimum atomic E-state index is -0.483. The lowest BCUT2D eigenvalue weighted by Crippen LogP contribution is -2.47. The van der Waals surface area contributed by atoms with Gasteiger partial charge in [-0.1, -0.05) is 6.07 Å². The van der Waals surface area contributed by atoms with Gasteiger partial charge in [-0.2, -0.15) is 0 Å². The van der Waals surface area contributed by atoms with E-state index in [9.17, 15) is 14.3 Å². The molecule has 1 aromatic rings. The Balaban J connectivity index is 1.76. The SMILES string of the molecule is COCC(O)CN1CCC(NC(=O)c2cccc(F)c2)CC1. The Kier molecular flexibility index (Phi) is 6.30. The van der Waals surface area contributed by atoms with E-state index in [1.165, 1.54) is 18.2 Å². The quantitative estimate of drug-likeness (QED) is 0.824. The third kappa shape index (κ3) is 5.05. The Bertz CT molecular complexity index is 490. The summed E-state index contributed by atoms with van der Waals surface area (Å²) in [5.41, 5.74) is 0.345. The molecule has 0 spiro atoms. The van der Waals surface area contributed by atoms with E-state index in [0.717, 1.165) is 25.9 Å². The number of carbonyl (C=O) groups is 1. The highest BCUT2D eigenvalue weighted by atomic mass is 19.1. The van der Waals surface area contributed by atoms with Crippen molar-refractivity contribution in [1.82, 2.24) is 10.2 Å². The maximum Gasteiger partial charge on any atom is 0.251 e. The average molecular weight is 310 g/mol. The summed E-state index contributed by atoms with van der Waals surface area (Å²) in [6, 6.07) is 5.79. The van der Waals surface area contributed by atoms with Crippen LogP contribution in [0.5, 0.6) is 0 Å². The van der Waals surface area contributed by atoms with Gasteiger partial charge in [-0.05, 0) is 31.0 Å². The van der Waals surface area contributed by atoms with Crippen LogP contribution in [0.2, 0.25) is 0 Å². The molecule has 1 aliphatic heterocycles. The summed E-state index contributed by atoms with van der Waals surface area (Å²) in [7, 11) is 1.57. The van der Waals surface area contributed by atoms with E-state index in [2.05, 4.69) is 10.2 Å². The molecule has 0 saturated carbocycles. The van der Waals surface area contributed by atoms with E-state index < -0.39 is 11.9 Å². The summed E-state index contributed by atoms with van der Waals surface area (Å²) in [5, 5.41) is 12.7. The molecule has 5 nitrogen and oxygen atoms in total. The second-order valence-electron chi connectivity index (χ2n) is 5.67. The van der Waals surface area contributed by atoms with Crippen molar-refractivity contribution in [2.24, 2.45) is 0 Å². The predicted octanol–water partition coefficient (Wildman–Crippen LogP) is 1.03. The first-order valence-corrected chi connectivity index (χ1v) is 7.54. The van der Waals surface area contributed by atoms with Crippen LogP contribution in [0.15, 0.2) is 24.3 Å². The third-order valence-corrected chi connectivity index (χ3v) is 3.84. The van der Waals surface area contributed by atoms with Crippen LogP contribution in [0.3, 0.4) is 0 Å². The molecule has 1 unspecified atom stereocenters. The van der Waals surface area contributed by atoms with Crippen molar-refractivity contribution in [3.05, 3.63) is 35.6 Å². The highest BCUT2D eigenvalue weighted by Crippen LogP contribution is 2.12. The van der Waals surface area contributed by atoms with Crippen LogP contribution in [0.25, 0.3) is 0 Å². The molecule has 1 aromatic carbocycles. The van der Waals surface area contributed by atoms with Crippen molar-refractivity contribution in [2.75, 3.05) is 33.4 Å². The van der Waals surface area contributed by atoms with Crippen molar-refractivity contribution in [3.8, 4) is 0 Å². The zero-order valence-corrected chi connectivity index (χ0v) is 12.8. The number of halogens is 1. The molecule has 1 amide bonds. The van der Waals surface area contributed by atoms with E-state index in [1.807, 2.05) is 0 Å². The molecule has 1 fully saturated rings. The number of methoxy groups -OCH3 is 1. The number of ether oxygens (including phenoxy) is 1. The number of hydrogen-bond donors (Lipinski definition) is 2. The lowest BCUT2D eigenvalue weighted by atomic mass is 10.0. The van der Waals surface area contributed by atoms with Gasteiger partial charge in [-0.3, -0.25) is 4.79 Å². The largest absolute Gasteiger partial charge is 0.389 e. The monoisotopic (exact) mass is 310 g/mol. The van der Waals surface area contributed by atoms with Crippen molar-refractivity contribution in [1.29, 1.82) is 0 Å². The predicted molar refractivity (Wildman–Crippen MR) is 81.2 cm³/mol. The second-order valence-corrected chi connectivity index (χ2v) is 5.67. The van der Waals surface area contributed by atoms with Gasteiger partial charge >= 0.3 is 0 Å². The fourth-order valence-corrected chi connectivity index (χ4v) is 2.70. The van der Waals surface area contributed by atoms with Crippen molar-refractivity contribution in [3.63, 3.8) is 0 Å². The maximum absolute atomic E-state index is 13.1. The van der Waals surface area contributed by atoms with Gasteiger partial charge in [0, 0.05) is 38.3 Å². The number of rotatable bonds is 6. The third-order valence-electron chi connectivity index (χ3n) is 3.84. The van der Waals surface area contributed by atoms with Crippen LogP contribution in [0.4, 0.5) is 4.39 Å². The van der Waals surface area contributed by atoms with Gasteiger partial charge in [0.15, 0.2) is 0 Å². The highest BCUT2D eigenvalue weighted by Gasteiger charge is 2.22. The first-order valence-electron chi connectivity index (χ1n) is 7.54. The first kappa shape index (κ1) is 16.9. The van der Waals surface area contributed by atoms with E-state index in [4.69, 9.17) is 4.74 Å². The summed E-state index contributed by atoms with van der Waals surface area (Å²) < 4.78 is 18.0. The Labute approximate surface area is 130 Å². The van der Waals surface area contributed by atoms with Gasteiger partial charge in [0.05, 0.1) is 12.7 Å². The molecule has 0 aliphatic carbocycles. The minimum absolute atomic E-state index is 0.0894. The lowest BCUT2D eigenvalue weighted by Gasteiger charge is -2.33. The summed E-state index contributed by atoms with van der Waals surface area (Å²) in [6.45, 7) is 2.54. The van der Waals surface area contributed by atoms with Crippen LogP contribution < -0.4 is 5.32 Å². The first-order chi connectivity index (χ1) is 10.6. The molecule has 0 aromatic heterocycles. The molecule has 0 radical (unpaired) electrons. The standard InChI is InChI=1S/C16H23FN2O3/c1-22-11-15(20)10-19-7-5-14(6-8-19)18-16(21)12-3-2-4-13(17)9-12/h2-4,9,14-15,20H,5-8,10-11H2,1H3,(H,18,21). The van der Waals surface area contributed by atoms with Gasteiger partial charge in [0.1, 0.15) is 5.82 Å². The molecule has 22 heavy (non-hydrogen) atoms. The summed E-state index contributed by atoms with van der Waals surface area (Å²) in [4.78, 5) is 14.2. The lowest BCUT2D eigenvalue weighted by molar-refractivity contribution is 0.0309. The van der Waals surface area contributed by atoms with Crippen LogP contribution in [0.1, 0.15) is 23.2 Å². The van der Waals surface area contributed by atoms with Crippen LogP contribution in [-0.2, 0) is 4.74 Å². The number of β-amino-alcohol motifs (C(OH)–C–C–N with tert-alkyl or cyclic N) is 1. The van der Waals surface area contributed by atoms with Crippen LogP contribution in [0, 0.1) is 5.82 Å². The van der Waals surface area contributed by atoms with Gasteiger partial charge in [0.2, 0.25) is 0 Å². The van der Waals surface area contributed by atoms with E-state index in [1.54, 1.807) is 13.2 Å². The molecular weight excluding hydrogens is 287 g/mol. The Morgan fingerprint density at radius 1 is 1.50 bits per heavy atom. The number of likely N-dealkylation sites (tertiary alicyclic amines) is 1. The number of nitrogens with zero attached hydrogens (tertiary/aromatic N) is 1. The Morgan fingerprint density at radius 2 is 2.23 bits per heavy atom. The zero-order valence-electron chi connectivity index (χ0n) is 12.8. The van der Waals surface area contributed by atoms with Crippen LogP contribution in [-0.4, -0.2) is 61.4 Å². The summed E-state index contributed by atoms with van der Waals surface area (Å²) in [6.07, 6.45) is 1.16. The highest BCUT2D eigenvalue weighted by molar-refractivity contribution is 5.94. The molecule has 1 heterocycles. The number of aliphatic hydroxyl groups excluding tert-OH is 1. The molecule has 1 aliphatic rings. The normalized spacial score (nSPS) is 18.1. The Hall–Kier alpha value is -1.50. The van der Waals surface area contributed by atoms with E-state index in [-0.39, 0.29) is 11.9 Å². The average Bonchev–Trinajstić information content (AvgIpc) is 2.49. The van der Waals surface area contributed by atoms with Gasteiger partial charge in [-0.25, -0.2) is 4.39 Å². The molecule has 1 saturated heterocycles. The minimum Gasteiger partial charge on any atom is -0.389 e. The van der Waals surface area contributed by atoms with Crippen molar-refractivity contribution >= 4 is 5.91 Å². The van der Waals surface area contributed by atoms with E-state index >= 15 is 0 Å². The summed E-state index contributed by atoms with van der Waals surface area (Å²) >= 11 is 0. The second kappa shape index (κ2) is 8.22. The number of carbonyl (C=O) groups excluding carboxylic acids is 1. The maximum atomic E-state index is 13.1. The number of benzene rings is 1. The molecular formula is C16H23FN2O3. The Morgan fingerprint density at radius 3 is 2.86 bits per heavy atom. The number of hydrogen-bond acceptors (Lipinski definition) is 4. The van der Waals surface area contributed by atoms with Crippen LogP contribution >= 0.6 is 0 Å². The number of amides is 1. The molecule has 1 atom stereocenters. The zero-order chi connectivity index (χ0) is 15.9. The molecule has 122 valence electrons. The molecule has 2 rings (SSSR count). The molecule has 0 bridgehead atoms. The fourth-order valence-electron chi connectivity index (χ4n) is 2.70. The smallest absolute Gasteiger partial charge is 0.251 e. The summed E-state index contributed by atoms with van der Waals surface area (Å²) in [5.74, 6) is -0.646. The van der Waals surface area contributed by atoms with Gasteiger partial charge in [0.25, 0.3) is 5.91 Å². The van der Waals surface area contributed by atoms with Gasteiger partial charge in [-0.15, -0.1) is 0 Å². The molecule has 6 heteroatoms. The number of piperidine rings is 1.